The maximum absolute atomic E-state index is 9.13. The van der Waals surface area contributed by atoms with Crippen LogP contribution in [0, 0.1) is 18.3 Å². The van der Waals surface area contributed by atoms with Crippen molar-refractivity contribution < 1.29 is 0 Å². The molecule has 1 N–H and O–H groups in total. The number of nitriles is 1. The van der Waals surface area contributed by atoms with Crippen molar-refractivity contribution in [3.05, 3.63) is 29.0 Å². The van der Waals surface area contributed by atoms with E-state index < -0.39 is 5.41 Å². The lowest BCUT2D eigenvalue weighted by atomic mass is 9.93. The lowest BCUT2D eigenvalue weighted by Gasteiger charge is -2.12. The Bertz CT molecular complexity index is 529. The van der Waals surface area contributed by atoms with Crippen LogP contribution < -0.4 is 0 Å². The highest BCUT2D eigenvalue weighted by molar-refractivity contribution is 7.15. The molecule has 16 heavy (non-hydrogen) atoms. The second-order valence-electron chi connectivity index (χ2n) is 4.27. The Hall–Kier alpha value is -1.60. The number of H-pyrrole nitrogens is 1. The molecule has 0 saturated carbocycles. The van der Waals surface area contributed by atoms with Crippen LogP contribution in [0.2, 0.25) is 0 Å². The van der Waals surface area contributed by atoms with Crippen LogP contribution in [0.15, 0.2) is 18.5 Å². The number of rotatable bonds is 2. The topological polar surface area (TPSA) is 52.5 Å². The fourth-order valence-electron chi connectivity index (χ4n) is 1.61. The summed E-state index contributed by atoms with van der Waals surface area (Å²) in [5.41, 5.74) is 1.57. The van der Waals surface area contributed by atoms with Gasteiger partial charge in [0.05, 0.1) is 17.2 Å². The third-order valence-corrected chi connectivity index (χ3v) is 4.02. The predicted molar refractivity (Wildman–Crippen MR) is 65.3 cm³/mol. The van der Waals surface area contributed by atoms with Crippen LogP contribution in [0.1, 0.15) is 24.4 Å². The first-order chi connectivity index (χ1) is 7.54. The second kappa shape index (κ2) is 3.76. The van der Waals surface area contributed by atoms with Crippen LogP contribution in [-0.2, 0) is 5.41 Å². The maximum atomic E-state index is 9.13. The molecule has 0 amide bonds. The standard InChI is InChI=1S/C12H13N3S/c1-8-10(12(2,3)7-13)16-11(15-8)9-4-5-14-6-9/h4-6,14H,1-3H3. The van der Waals surface area contributed by atoms with Gasteiger partial charge in [0.25, 0.3) is 0 Å². The molecule has 4 heteroatoms. The average Bonchev–Trinajstić information content (AvgIpc) is 2.85. The van der Waals surface area contributed by atoms with Crippen LogP contribution in [-0.4, -0.2) is 9.97 Å². The van der Waals surface area contributed by atoms with Crippen LogP contribution in [0.3, 0.4) is 0 Å². The van der Waals surface area contributed by atoms with Crippen molar-refractivity contribution in [1.29, 1.82) is 5.26 Å². The molecular weight excluding hydrogens is 218 g/mol. The highest BCUT2D eigenvalue weighted by Gasteiger charge is 2.26. The van der Waals surface area contributed by atoms with Gasteiger partial charge in [-0.15, -0.1) is 11.3 Å². The van der Waals surface area contributed by atoms with Crippen LogP contribution in [0.25, 0.3) is 10.6 Å². The van der Waals surface area contributed by atoms with Gasteiger partial charge in [-0.1, -0.05) is 0 Å². The molecule has 0 saturated heterocycles. The molecule has 3 nitrogen and oxygen atoms in total. The molecule has 0 radical (unpaired) electrons. The summed E-state index contributed by atoms with van der Waals surface area (Å²) < 4.78 is 0. The maximum Gasteiger partial charge on any atom is 0.125 e. The molecule has 0 bridgehead atoms. The first kappa shape index (κ1) is 10.9. The molecule has 0 aliphatic carbocycles. The lowest BCUT2D eigenvalue weighted by molar-refractivity contribution is 0.695. The normalized spacial score (nSPS) is 11.4. The number of aryl methyl sites for hydroxylation is 1. The van der Waals surface area contributed by atoms with E-state index in [4.69, 9.17) is 5.26 Å². The Balaban J connectivity index is 2.49. The molecule has 2 rings (SSSR count). The van der Waals surface area contributed by atoms with Gasteiger partial charge in [-0.05, 0) is 26.8 Å². The molecule has 2 heterocycles. The van der Waals surface area contributed by atoms with E-state index in [1.54, 1.807) is 11.3 Å². The van der Waals surface area contributed by atoms with E-state index >= 15 is 0 Å². The van der Waals surface area contributed by atoms with Gasteiger partial charge in [0.1, 0.15) is 5.01 Å². The van der Waals surface area contributed by atoms with Crippen molar-refractivity contribution >= 4 is 11.3 Å². The smallest absolute Gasteiger partial charge is 0.125 e. The van der Waals surface area contributed by atoms with Crippen molar-refractivity contribution in [1.82, 2.24) is 9.97 Å². The molecular formula is C12H13N3S. The number of hydrogen-bond donors (Lipinski definition) is 1. The molecule has 0 fully saturated rings. The number of aromatic amines is 1. The summed E-state index contributed by atoms with van der Waals surface area (Å²) in [6.45, 7) is 5.81. The lowest BCUT2D eigenvalue weighted by Crippen LogP contribution is -2.13. The molecule has 0 aliphatic rings. The Morgan fingerprint density at radius 2 is 2.25 bits per heavy atom. The highest BCUT2D eigenvalue weighted by Crippen LogP contribution is 2.35. The van der Waals surface area contributed by atoms with E-state index in [1.807, 2.05) is 39.2 Å². The highest BCUT2D eigenvalue weighted by atomic mass is 32.1. The van der Waals surface area contributed by atoms with Crippen molar-refractivity contribution in [2.75, 3.05) is 0 Å². The van der Waals surface area contributed by atoms with Crippen molar-refractivity contribution in [3.63, 3.8) is 0 Å². The molecule has 0 unspecified atom stereocenters. The summed E-state index contributed by atoms with van der Waals surface area (Å²) in [6, 6.07) is 4.31. The number of nitrogens with zero attached hydrogens (tertiary/aromatic N) is 2. The monoisotopic (exact) mass is 231 g/mol. The molecule has 0 aliphatic heterocycles. The van der Waals surface area contributed by atoms with Gasteiger partial charge in [0, 0.05) is 22.8 Å². The summed E-state index contributed by atoms with van der Waals surface area (Å²) in [6.07, 6.45) is 3.79. The zero-order valence-electron chi connectivity index (χ0n) is 9.53. The Morgan fingerprint density at radius 1 is 1.50 bits per heavy atom. The minimum absolute atomic E-state index is 0.462. The van der Waals surface area contributed by atoms with Crippen molar-refractivity contribution in [2.24, 2.45) is 0 Å². The van der Waals surface area contributed by atoms with Gasteiger partial charge in [0.15, 0.2) is 0 Å². The number of hydrogen-bond acceptors (Lipinski definition) is 3. The fourth-order valence-corrected chi connectivity index (χ4v) is 2.72. The quantitative estimate of drug-likeness (QED) is 0.862. The van der Waals surface area contributed by atoms with Gasteiger partial charge in [-0.25, -0.2) is 4.98 Å². The molecule has 2 aromatic heterocycles. The van der Waals surface area contributed by atoms with Gasteiger partial charge in [0.2, 0.25) is 0 Å². The average molecular weight is 231 g/mol. The summed E-state index contributed by atoms with van der Waals surface area (Å²) in [5.74, 6) is 0. The van der Waals surface area contributed by atoms with Gasteiger partial charge < -0.3 is 4.98 Å². The fraction of sp³-hybridized carbons (Fsp3) is 0.333. The van der Waals surface area contributed by atoms with Crippen LogP contribution in [0.5, 0.6) is 0 Å². The molecule has 2 aromatic rings. The second-order valence-corrected chi connectivity index (χ2v) is 5.27. The Kier molecular flexibility index (Phi) is 2.56. The minimum Gasteiger partial charge on any atom is -0.367 e. The summed E-state index contributed by atoms with van der Waals surface area (Å²) in [4.78, 5) is 8.57. The van der Waals surface area contributed by atoms with Gasteiger partial charge in [-0.3, -0.25) is 0 Å². The number of thiazole rings is 1. The Labute approximate surface area is 98.8 Å². The first-order valence-electron chi connectivity index (χ1n) is 5.07. The predicted octanol–water partition coefficient (Wildman–Crippen LogP) is 3.25. The van der Waals surface area contributed by atoms with Gasteiger partial charge >= 0.3 is 0 Å². The van der Waals surface area contributed by atoms with E-state index in [-0.39, 0.29) is 0 Å². The SMILES string of the molecule is Cc1nc(-c2cc[nH]c2)sc1C(C)(C)C#N. The van der Waals surface area contributed by atoms with E-state index in [0.717, 1.165) is 21.1 Å². The van der Waals surface area contributed by atoms with Crippen LogP contribution in [0.4, 0.5) is 0 Å². The van der Waals surface area contributed by atoms with Crippen molar-refractivity contribution in [3.8, 4) is 16.6 Å². The van der Waals surface area contributed by atoms with E-state index in [9.17, 15) is 0 Å². The summed E-state index contributed by atoms with van der Waals surface area (Å²) in [7, 11) is 0. The number of aromatic nitrogens is 2. The Morgan fingerprint density at radius 3 is 2.81 bits per heavy atom. The van der Waals surface area contributed by atoms with Crippen molar-refractivity contribution in [2.45, 2.75) is 26.2 Å². The van der Waals surface area contributed by atoms with E-state index in [0.29, 0.717) is 0 Å². The largest absolute Gasteiger partial charge is 0.367 e. The third kappa shape index (κ3) is 1.74. The summed E-state index contributed by atoms with van der Waals surface area (Å²) in [5, 5.41) is 10.1. The molecule has 82 valence electrons. The third-order valence-electron chi connectivity index (χ3n) is 2.49. The first-order valence-corrected chi connectivity index (χ1v) is 5.88. The zero-order chi connectivity index (χ0) is 11.8. The summed E-state index contributed by atoms with van der Waals surface area (Å²) >= 11 is 1.60. The number of nitrogens with one attached hydrogen (secondary N) is 1. The molecule has 0 spiro atoms. The van der Waals surface area contributed by atoms with E-state index in [1.165, 1.54) is 0 Å². The molecule has 0 atom stereocenters. The van der Waals surface area contributed by atoms with E-state index in [2.05, 4.69) is 16.0 Å². The molecule has 0 aromatic carbocycles. The van der Waals surface area contributed by atoms with Gasteiger partial charge in [-0.2, -0.15) is 5.26 Å². The minimum atomic E-state index is -0.462. The zero-order valence-corrected chi connectivity index (χ0v) is 10.4. The van der Waals surface area contributed by atoms with Crippen LogP contribution >= 0.6 is 11.3 Å².